The van der Waals surface area contributed by atoms with Gasteiger partial charge in [0.2, 0.25) is 0 Å². The summed E-state index contributed by atoms with van der Waals surface area (Å²) in [5.74, 6) is 0.176. The van der Waals surface area contributed by atoms with E-state index in [4.69, 9.17) is 0 Å². The Morgan fingerprint density at radius 3 is 2.46 bits per heavy atom. The fraction of sp³-hybridized carbons (Fsp3) is 0.409. The van der Waals surface area contributed by atoms with E-state index in [1.807, 2.05) is 50.2 Å². The number of nitrogens with one attached hydrogen (secondary N) is 1. The molecule has 0 bridgehead atoms. The second-order valence-electron chi connectivity index (χ2n) is 7.75. The molecular weight excluding hydrogens is 352 g/mol. The molecule has 1 aromatic heterocycles. The normalized spacial score (nSPS) is 19.9. The van der Waals surface area contributed by atoms with Crippen LogP contribution in [0.3, 0.4) is 0 Å². The van der Waals surface area contributed by atoms with Gasteiger partial charge in [-0.25, -0.2) is 4.79 Å². The Kier molecular flexibility index (Phi) is 5.40. The van der Waals surface area contributed by atoms with Crippen molar-refractivity contribution in [2.24, 2.45) is 11.0 Å². The Labute approximate surface area is 166 Å². The van der Waals surface area contributed by atoms with Crippen molar-refractivity contribution in [1.29, 1.82) is 0 Å². The molecule has 1 N–H and O–H groups in total. The van der Waals surface area contributed by atoms with Crippen molar-refractivity contribution in [3.05, 3.63) is 58.9 Å². The highest BCUT2D eigenvalue weighted by Crippen LogP contribution is 2.32. The lowest BCUT2D eigenvalue weighted by molar-refractivity contribution is -0.131. The monoisotopic (exact) mass is 380 g/mol. The largest absolute Gasteiger partial charge is 0.348 e. The minimum absolute atomic E-state index is 0.349. The van der Waals surface area contributed by atoms with E-state index in [1.165, 1.54) is 0 Å². The third kappa shape index (κ3) is 3.35. The van der Waals surface area contributed by atoms with Crippen molar-refractivity contribution < 1.29 is 9.59 Å². The number of imide groups is 1. The molecule has 2 heterocycles. The van der Waals surface area contributed by atoms with Crippen LogP contribution >= 0.6 is 0 Å². The van der Waals surface area contributed by atoms with Crippen LogP contribution in [0.5, 0.6) is 0 Å². The van der Waals surface area contributed by atoms with Gasteiger partial charge in [0.15, 0.2) is 0 Å². The van der Waals surface area contributed by atoms with Crippen LogP contribution in [0.1, 0.15) is 49.7 Å². The number of carbonyl (C=O) groups excluding carboxylic acids is 2. The van der Waals surface area contributed by atoms with Crippen LogP contribution in [0, 0.1) is 19.8 Å². The van der Waals surface area contributed by atoms with Crippen molar-refractivity contribution in [2.75, 3.05) is 0 Å². The smallest absolute Gasteiger partial charge is 0.346 e. The van der Waals surface area contributed by atoms with E-state index in [9.17, 15) is 9.59 Å². The maximum atomic E-state index is 13.1. The Morgan fingerprint density at radius 2 is 1.86 bits per heavy atom. The molecule has 0 aliphatic carbocycles. The molecule has 3 rings (SSSR count). The van der Waals surface area contributed by atoms with Gasteiger partial charge in [0.25, 0.3) is 5.91 Å². The molecule has 1 aliphatic rings. The fourth-order valence-corrected chi connectivity index (χ4v) is 3.75. The quantitative estimate of drug-likeness (QED) is 0.609. The fourth-order valence-electron chi connectivity index (χ4n) is 3.75. The number of hydrogen-bond acceptors (Lipinski definition) is 3. The number of aryl methyl sites for hydroxylation is 1. The van der Waals surface area contributed by atoms with Crippen LogP contribution in [0.2, 0.25) is 0 Å². The summed E-state index contributed by atoms with van der Waals surface area (Å²) in [5.41, 5.74) is 2.82. The van der Waals surface area contributed by atoms with Crippen LogP contribution in [-0.2, 0) is 16.9 Å². The molecule has 1 aliphatic heterocycles. The van der Waals surface area contributed by atoms with E-state index in [0.29, 0.717) is 12.3 Å². The zero-order chi connectivity index (χ0) is 20.5. The number of carbonyl (C=O) groups is 2. The van der Waals surface area contributed by atoms with Crippen molar-refractivity contribution in [3.63, 3.8) is 0 Å². The lowest BCUT2D eigenvalue weighted by Crippen LogP contribution is -2.43. The van der Waals surface area contributed by atoms with E-state index in [0.717, 1.165) is 34.1 Å². The molecule has 28 heavy (non-hydrogen) atoms. The van der Waals surface area contributed by atoms with Gasteiger partial charge >= 0.3 is 6.03 Å². The zero-order valence-corrected chi connectivity index (χ0v) is 17.2. The minimum Gasteiger partial charge on any atom is -0.348 e. The molecule has 0 spiro atoms. The van der Waals surface area contributed by atoms with Crippen molar-refractivity contribution >= 4 is 18.2 Å². The Bertz CT molecular complexity index is 914. The molecule has 6 nitrogen and oxygen atoms in total. The molecule has 1 fully saturated rings. The van der Waals surface area contributed by atoms with Crippen LogP contribution in [0.25, 0.3) is 0 Å². The van der Waals surface area contributed by atoms with Gasteiger partial charge in [-0.2, -0.15) is 5.10 Å². The molecule has 1 aromatic carbocycles. The van der Waals surface area contributed by atoms with E-state index in [2.05, 4.69) is 35.8 Å². The first-order valence-corrected chi connectivity index (χ1v) is 9.73. The Hall–Kier alpha value is -2.89. The lowest BCUT2D eigenvalue weighted by atomic mass is 9.87. The second-order valence-corrected chi connectivity index (χ2v) is 7.75. The predicted octanol–water partition coefficient (Wildman–Crippen LogP) is 3.95. The average molecular weight is 380 g/mol. The predicted molar refractivity (Wildman–Crippen MR) is 110 cm³/mol. The first-order valence-electron chi connectivity index (χ1n) is 9.73. The Balaban J connectivity index is 1.89. The molecule has 1 saturated heterocycles. The van der Waals surface area contributed by atoms with Gasteiger partial charge in [0.1, 0.15) is 5.54 Å². The average Bonchev–Trinajstić information content (AvgIpc) is 3.08. The third-order valence-electron chi connectivity index (χ3n) is 5.34. The Morgan fingerprint density at radius 1 is 1.18 bits per heavy atom. The maximum absolute atomic E-state index is 13.1. The lowest BCUT2D eigenvalue weighted by Gasteiger charge is -2.24. The molecule has 0 radical (unpaired) electrons. The van der Waals surface area contributed by atoms with Gasteiger partial charge in [0, 0.05) is 23.5 Å². The number of amides is 3. The summed E-state index contributed by atoms with van der Waals surface area (Å²) in [6, 6.07) is 10.9. The van der Waals surface area contributed by atoms with Crippen LogP contribution in [-0.4, -0.2) is 27.7 Å². The van der Waals surface area contributed by atoms with E-state index < -0.39 is 11.6 Å². The highest BCUT2D eigenvalue weighted by atomic mass is 16.2. The molecule has 3 amide bonds. The molecule has 2 aromatic rings. The summed E-state index contributed by atoms with van der Waals surface area (Å²) < 4.78 is 2.23. The van der Waals surface area contributed by atoms with E-state index in [1.54, 1.807) is 6.21 Å². The first-order chi connectivity index (χ1) is 13.3. The van der Waals surface area contributed by atoms with Gasteiger partial charge in [-0.15, -0.1) is 5.01 Å². The summed E-state index contributed by atoms with van der Waals surface area (Å²) >= 11 is 0. The molecule has 0 unspecified atom stereocenters. The zero-order valence-electron chi connectivity index (χ0n) is 17.2. The number of urea groups is 1. The number of benzene rings is 1. The van der Waals surface area contributed by atoms with Crippen molar-refractivity contribution in [2.45, 2.75) is 53.1 Å². The van der Waals surface area contributed by atoms with Gasteiger partial charge in [-0.05, 0) is 37.8 Å². The van der Waals surface area contributed by atoms with Gasteiger partial charge in [-0.3, -0.25) is 4.79 Å². The summed E-state index contributed by atoms with van der Waals surface area (Å²) in [6.45, 7) is 11.2. The van der Waals surface area contributed by atoms with Crippen LogP contribution in [0.4, 0.5) is 4.79 Å². The van der Waals surface area contributed by atoms with E-state index in [-0.39, 0.29) is 5.91 Å². The number of aromatic nitrogens is 1. The molecular formula is C22H28N4O2. The van der Waals surface area contributed by atoms with Gasteiger partial charge < -0.3 is 9.88 Å². The highest BCUT2D eigenvalue weighted by Gasteiger charge is 2.51. The third-order valence-corrected chi connectivity index (χ3v) is 5.34. The highest BCUT2D eigenvalue weighted by molar-refractivity contribution is 6.07. The molecule has 6 heteroatoms. The van der Waals surface area contributed by atoms with Crippen molar-refractivity contribution in [3.8, 4) is 0 Å². The summed E-state index contributed by atoms with van der Waals surface area (Å²) in [7, 11) is 0. The standard InChI is InChI=1S/C22H28N4O2/c1-6-22(19-10-8-7-9-11-19)20(27)26(21(28)24-22)23-13-18-12-16(4)25(17(18)5)14-15(2)3/h7-13,15H,6,14H2,1-5H3,(H,24,28)/b23-13-/t22-/m0/s1. The maximum Gasteiger partial charge on any atom is 0.346 e. The van der Waals surface area contributed by atoms with Gasteiger partial charge in [0.05, 0.1) is 6.21 Å². The van der Waals surface area contributed by atoms with E-state index >= 15 is 0 Å². The molecule has 148 valence electrons. The first kappa shape index (κ1) is 19.9. The number of hydrazone groups is 1. The van der Waals surface area contributed by atoms with Crippen LogP contribution < -0.4 is 5.32 Å². The summed E-state index contributed by atoms with van der Waals surface area (Å²) in [5, 5.41) is 8.05. The minimum atomic E-state index is -1.07. The van der Waals surface area contributed by atoms with Crippen molar-refractivity contribution in [1.82, 2.24) is 14.9 Å². The van der Waals surface area contributed by atoms with Crippen LogP contribution in [0.15, 0.2) is 41.5 Å². The number of rotatable bonds is 6. The second kappa shape index (κ2) is 7.62. The summed E-state index contributed by atoms with van der Waals surface area (Å²) in [4.78, 5) is 25.6. The number of nitrogens with zero attached hydrogens (tertiary/aromatic N) is 3. The SMILES string of the molecule is CC[C@@]1(c2ccccc2)NC(=O)N(/N=C\c2cc(C)n(CC(C)C)c2C)C1=O. The van der Waals surface area contributed by atoms with Gasteiger partial charge in [-0.1, -0.05) is 51.1 Å². The topological polar surface area (TPSA) is 66.7 Å². The molecule has 1 atom stereocenters. The molecule has 0 saturated carbocycles. The summed E-state index contributed by atoms with van der Waals surface area (Å²) in [6.07, 6.45) is 2.06. The number of hydrogen-bond donors (Lipinski definition) is 1.